The van der Waals surface area contributed by atoms with E-state index in [9.17, 15) is 13.5 Å². The monoisotopic (exact) mass is 572 g/mol. The van der Waals surface area contributed by atoms with E-state index in [4.69, 9.17) is 9.47 Å². The predicted octanol–water partition coefficient (Wildman–Crippen LogP) is 5.18. The summed E-state index contributed by atoms with van der Waals surface area (Å²) in [5.41, 5.74) is 0.818. The molecule has 1 unspecified atom stereocenters. The standard InChI is InChI=1S/C25H33IO5S/c1-4-6-13-25(5-2)17-32(28,29)22-12-11-20(31-15-14-30-3)16-21(22)23(24(25)27)18-7-9-19(26)10-8-18/h7-12,16,23-24,27H,4-6,13-15,17H2,1-3H3/t23-,24-,25?/m0/s1. The molecule has 3 rings (SSSR count). The summed E-state index contributed by atoms with van der Waals surface area (Å²) in [7, 11) is -1.99. The van der Waals surface area contributed by atoms with E-state index in [0.717, 1.165) is 22.0 Å². The highest BCUT2D eigenvalue weighted by Gasteiger charge is 2.49. The van der Waals surface area contributed by atoms with E-state index in [0.29, 0.717) is 42.3 Å². The fraction of sp³-hybridized carbons (Fsp3) is 0.520. The molecule has 1 heterocycles. The van der Waals surface area contributed by atoms with Gasteiger partial charge >= 0.3 is 0 Å². The van der Waals surface area contributed by atoms with Gasteiger partial charge in [0.2, 0.25) is 0 Å². The van der Waals surface area contributed by atoms with Crippen molar-refractivity contribution in [2.45, 2.75) is 56.4 Å². The number of aliphatic hydroxyl groups excluding tert-OH is 1. The van der Waals surface area contributed by atoms with Gasteiger partial charge in [-0.05, 0) is 76.9 Å². The highest BCUT2D eigenvalue weighted by molar-refractivity contribution is 14.1. The van der Waals surface area contributed by atoms with Crippen LogP contribution >= 0.6 is 22.6 Å². The molecule has 1 N–H and O–H groups in total. The van der Waals surface area contributed by atoms with E-state index in [-0.39, 0.29) is 5.75 Å². The number of unbranched alkanes of at least 4 members (excludes halogenated alkanes) is 1. The van der Waals surface area contributed by atoms with Crippen LogP contribution in [0.5, 0.6) is 5.75 Å². The van der Waals surface area contributed by atoms with Crippen LogP contribution in [-0.2, 0) is 14.6 Å². The SMILES string of the molecule is CCCCC1(CC)CS(=O)(=O)c2ccc(OCCOC)cc2[C@H](c2ccc(I)cc2)[C@@H]1O. The van der Waals surface area contributed by atoms with Crippen LogP contribution in [-0.4, -0.2) is 45.7 Å². The molecule has 1 aliphatic heterocycles. The second-order valence-electron chi connectivity index (χ2n) is 8.59. The molecule has 0 bridgehead atoms. The Bertz CT molecular complexity index is 1010. The number of sulfone groups is 1. The first kappa shape index (κ1) is 25.5. The largest absolute Gasteiger partial charge is 0.491 e. The number of hydrogen-bond donors (Lipinski definition) is 1. The fourth-order valence-corrected chi connectivity index (χ4v) is 7.33. The number of methoxy groups -OCH3 is 1. The Morgan fingerprint density at radius 2 is 1.84 bits per heavy atom. The second-order valence-corrected chi connectivity index (χ2v) is 11.8. The summed E-state index contributed by atoms with van der Waals surface area (Å²) in [5.74, 6) is 0.0772. The third kappa shape index (κ3) is 5.32. The van der Waals surface area contributed by atoms with Gasteiger partial charge in [0, 0.05) is 22.0 Å². The second kappa shape index (κ2) is 10.8. The molecular weight excluding hydrogens is 539 g/mol. The molecule has 0 spiro atoms. The first-order valence-corrected chi connectivity index (χ1v) is 13.9. The summed E-state index contributed by atoms with van der Waals surface area (Å²) in [6.45, 7) is 4.90. The smallest absolute Gasteiger partial charge is 0.179 e. The van der Waals surface area contributed by atoms with E-state index in [1.165, 1.54) is 0 Å². The lowest BCUT2D eigenvalue weighted by Crippen LogP contribution is -2.42. The maximum atomic E-state index is 13.6. The van der Waals surface area contributed by atoms with Crippen molar-refractivity contribution >= 4 is 32.4 Å². The minimum Gasteiger partial charge on any atom is -0.491 e. The Labute approximate surface area is 205 Å². The molecule has 1 aliphatic rings. The molecule has 0 aromatic heterocycles. The van der Waals surface area contributed by atoms with Crippen LogP contribution in [0.25, 0.3) is 0 Å². The lowest BCUT2D eigenvalue weighted by Gasteiger charge is -2.39. The summed E-state index contributed by atoms with van der Waals surface area (Å²) in [4.78, 5) is 0.297. The minimum absolute atomic E-state index is 0.0462. The molecular formula is C25H33IO5S. The highest BCUT2D eigenvalue weighted by Crippen LogP contribution is 2.49. The Balaban J connectivity index is 2.21. The topological polar surface area (TPSA) is 72.8 Å². The van der Waals surface area contributed by atoms with Crippen LogP contribution in [0.15, 0.2) is 47.4 Å². The zero-order chi connectivity index (χ0) is 23.4. The molecule has 5 nitrogen and oxygen atoms in total. The number of rotatable bonds is 9. The van der Waals surface area contributed by atoms with Crippen molar-refractivity contribution in [1.82, 2.24) is 0 Å². The van der Waals surface area contributed by atoms with Gasteiger partial charge in [-0.3, -0.25) is 0 Å². The van der Waals surface area contributed by atoms with Crippen molar-refractivity contribution in [1.29, 1.82) is 0 Å². The Kier molecular flexibility index (Phi) is 8.63. The van der Waals surface area contributed by atoms with Crippen LogP contribution in [0, 0.1) is 8.99 Å². The normalized spacial score (nSPS) is 24.5. The van der Waals surface area contributed by atoms with E-state index >= 15 is 0 Å². The average Bonchev–Trinajstić information content (AvgIpc) is 2.84. The number of hydrogen-bond acceptors (Lipinski definition) is 5. The molecule has 0 radical (unpaired) electrons. The molecule has 0 saturated carbocycles. The van der Waals surface area contributed by atoms with Gasteiger partial charge in [0.1, 0.15) is 12.4 Å². The van der Waals surface area contributed by atoms with Crippen LogP contribution < -0.4 is 4.74 Å². The van der Waals surface area contributed by atoms with Crippen LogP contribution in [0.1, 0.15) is 56.6 Å². The lowest BCUT2D eigenvalue weighted by atomic mass is 9.69. The maximum Gasteiger partial charge on any atom is 0.179 e. The van der Waals surface area contributed by atoms with E-state index < -0.39 is 27.3 Å². The first-order valence-electron chi connectivity index (χ1n) is 11.2. The summed E-state index contributed by atoms with van der Waals surface area (Å²) >= 11 is 2.25. The van der Waals surface area contributed by atoms with Crippen LogP contribution in [0.4, 0.5) is 0 Å². The third-order valence-electron chi connectivity index (χ3n) is 6.59. The van der Waals surface area contributed by atoms with Gasteiger partial charge in [-0.15, -0.1) is 0 Å². The summed E-state index contributed by atoms with van der Waals surface area (Å²) in [5, 5.41) is 11.9. The van der Waals surface area contributed by atoms with Crippen LogP contribution in [0.3, 0.4) is 0 Å². The molecule has 0 saturated heterocycles. The van der Waals surface area contributed by atoms with Gasteiger partial charge in [-0.1, -0.05) is 38.8 Å². The number of aliphatic hydroxyl groups is 1. The van der Waals surface area contributed by atoms with Crippen molar-refractivity contribution in [2.75, 3.05) is 26.1 Å². The maximum absolute atomic E-state index is 13.6. The zero-order valence-corrected chi connectivity index (χ0v) is 22.0. The molecule has 7 heteroatoms. The average molecular weight is 573 g/mol. The van der Waals surface area contributed by atoms with Crippen LogP contribution in [0.2, 0.25) is 0 Å². The van der Waals surface area contributed by atoms with Gasteiger partial charge in [0.25, 0.3) is 0 Å². The molecule has 176 valence electrons. The number of fused-ring (bicyclic) bond motifs is 1. The van der Waals surface area contributed by atoms with E-state index in [2.05, 4.69) is 29.5 Å². The minimum atomic E-state index is -3.59. The molecule has 0 amide bonds. The molecule has 0 aliphatic carbocycles. The van der Waals surface area contributed by atoms with E-state index in [1.807, 2.05) is 31.2 Å². The van der Waals surface area contributed by atoms with Crippen molar-refractivity contribution in [2.24, 2.45) is 5.41 Å². The molecule has 2 aromatic carbocycles. The van der Waals surface area contributed by atoms with Gasteiger partial charge in [0.15, 0.2) is 9.84 Å². The fourth-order valence-electron chi connectivity index (χ4n) is 4.72. The number of halogens is 1. The molecule has 32 heavy (non-hydrogen) atoms. The van der Waals surface area contributed by atoms with Crippen molar-refractivity contribution in [3.63, 3.8) is 0 Å². The first-order chi connectivity index (χ1) is 15.3. The van der Waals surface area contributed by atoms with E-state index in [1.54, 1.807) is 25.3 Å². The lowest BCUT2D eigenvalue weighted by molar-refractivity contribution is 0.0173. The summed E-state index contributed by atoms with van der Waals surface area (Å²) in [6.07, 6.45) is 2.27. The molecule has 3 atom stereocenters. The van der Waals surface area contributed by atoms with Crippen molar-refractivity contribution in [3.05, 3.63) is 57.2 Å². The predicted molar refractivity (Wildman–Crippen MR) is 135 cm³/mol. The summed E-state index contributed by atoms with van der Waals surface area (Å²) < 4.78 is 39.2. The van der Waals surface area contributed by atoms with Crippen molar-refractivity contribution < 1.29 is 23.0 Å². The van der Waals surface area contributed by atoms with Gasteiger partial charge < -0.3 is 14.6 Å². The summed E-state index contributed by atoms with van der Waals surface area (Å²) in [6, 6.07) is 13.1. The number of benzene rings is 2. The van der Waals surface area contributed by atoms with Gasteiger partial charge in [0.05, 0.1) is 23.4 Å². The quantitative estimate of drug-likeness (QED) is 0.331. The van der Waals surface area contributed by atoms with Gasteiger partial charge in [-0.2, -0.15) is 0 Å². The van der Waals surface area contributed by atoms with Crippen molar-refractivity contribution in [3.8, 4) is 5.75 Å². The Morgan fingerprint density at radius 3 is 2.47 bits per heavy atom. The Hall–Kier alpha value is -1.16. The molecule has 0 fully saturated rings. The zero-order valence-electron chi connectivity index (χ0n) is 19.0. The number of ether oxygens (including phenoxy) is 2. The van der Waals surface area contributed by atoms with Gasteiger partial charge in [-0.25, -0.2) is 8.42 Å². The third-order valence-corrected chi connectivity index (χ3v) is 9.31. The molecule has 2 aromatic rings. The highest BCUT2D eigenvalue weighted by atomic mass is 127. The Morgan fingerprint density at radius 1 is 1.12 bits per heavy atom.